The van der Waals surface area contributed by atoms with Gasteiger partial charge in [0.25, 0.3) is 5.91 Å². The van der Waals surface area contributed by atoms with Crippen molar-refractivity contribution in [2.75, 3.05) is 44.9 Å². The Bertz CT molecular complexity index is 1110. The molecule has 3 N–H and O–H groups in total. The first-order valence-corrected chi connectivity index (χ1v) is 14.4. The van der Waals surface area contributed by atoms with Crippen LogP contribution < -0.4 is 16.0 Å². The van der Waals surface area contributed by atoms with E-state index in [0.29, 0.717) is 50.2 Å². The van der Waals surface area contributed by atoms with E-state index in [4.69, 9.17) is 15.2 Å². The minimum absolute atomic E-state index is 0.00996. The molecule has 10 heteroatoms. The van der Waals surface area contributed by atoms with Crippen molar-refractivity contribution in [3.63, 3.8) is 0 Å². The number of anilines is 1. The third kappa shape index (κ3) is 7.33. The van der Waals surface area contributed by atoms with E-state index in [9.17, 15) is 9.18 Å². The molecule has 1 atom stereocenters. The number of aromatic nitrogens is 2. The topological polar surface area (TPSA) is 103 Å². The molecule has 1 aliphatic heterocycles. The van der Waals surface area contributed by atoms with Crippen molar-refractivity contribution in [3.05, 3.63) is 41.8 Å². The second-order valence-electron chi connectivity index (χ2n) is 11.3. The van der Waals surface area contributed by atoms with Gasteiger partial charge < -0.3 is 25.4 Å². The number of carbonyl (C=O) groups is 1. The summed E-state index contributed by atoms with van der Waals surface area (Å²) in [7, 11) is 1.62. The molecular formula is C30H43F2N5O3. The van der Waals surface area contributed by atoms with Crippen LogP contribution in [0.3, 0.4) is 0 Å². The van der Waals surface area contributed by atoms with Gasteiger partial charge in [-0.15, -0.1) is 0 Å². The smallest absolute Gasteiger partial charge is 0.258 e. The molecule has 1 aliphatic carbocycles. The molecule has 1 saturated heterocycles. The number of nitrogens with zero attached hydrogens (tertiary/aromatic N) is 3. The third-order valence-electron chi connectivity index (χ3n) is 8.47. The summed E-state index contributed by atoms with van der Waals surface area (Å²) in [5, 5.41) is 3.08. The molecule has 8 nitrogen and oxygen atoms in total. The predicted molar refractivity (Wildman–Crippen MR) is 151 cm³/mol. The monoisotopic (exact) mass is 559 g/mol. The Balaban J connectivity index is 1.39. The number of benzene rings is 1. The van der Waals surface area contributed by atoms with Crippen LogP contribution in [0.25, 0.3) is 11.3 Å². The van der Waals surface area contributed by atoms with Gasteiger partial charge in [0.2, 0.25) is 5.95 Å². The lowest BCUT2D eigenvalue weighted by Gasteiger charge is -2.43. The normalized spacial score (nSPS) is 19.3. The Labute approximate surface area is 236 Å². The number of methoxy groups -OCH3 is 1. The van der Waals surface area contributed by atoms with Gasteiger partial charge in [-0.2, -0.15) is 0 Å². The van der Waals surface area contributed by atoms with Gasteiger partial charge in [0.1, 0.15) is 5.69 Å². The summed E-state index contributed by atoms with van der Waals surface area (Å²) in [4.78, 5) is 23.7. The molecule has 2 fully saturated rings. The summed E-state index contributed by atoms with van der Waals surface area (Å²) in [6.45, 7) is 4.41. The maximum Gasteiger partial charge on any atom is 0.258 e. The van der Waals surface area contributed by atoms with E-state index in [-0.39, 0.29) is 31.6 Å². The highest BCUT2D eigenvalue weighted by Gasteiger charge is 2.46. The second-order valence-corrected chi connectivity index (χ2v) is 11.3. The number of rotatable bonds is 12. The van der Waals surface area contributed by atoms with E-state index < -0.39 is 22.9 Å². The first-order chi connectivity index (χ1) is 19.3. The van der Waals surface area contributed by atoms with Crippen LogP contribution in [0, 0.1) is 11.7 Å². The number of piperidine rings is 1. The summed E-state index contributed by atoms with van der Waals surface area (Å²) in [5.74, 6) is -0.464. The van der Waals surface area contributed by atoms with Crippen LogP contribution in [0.15, 0.2) is 30.5 Å². The molecule has 1 aromatic heterocycles. The zero-order valence-electron chi connectivity index (χ0n) is 23.8. The highest BCUT2D eigenvalue weighted by Crippen LogP contribution is 2.36. The maximum atomic E-state index is 16.0. The number of hydrogen-bond donors (Lipinski definition) is 2. The van der Waals surface area contributed by atoms with Gasteiger partial charge >= 0.3 is 0 Å². The average molecular weight is 560 g/mol. The molecule has 4 rings (SSSR count). The van der Waals surface area contributed by atoms with Crippen LogP contribution in [0.5, 0.6) is 0 Å². The molecule has 220 valence electrons. The minimum atomic E-state index is -1.98. The zero-order valence-corrected chi connectivity index (χ0v) is 23.8. The minimum Gasteiger partial charge on any atom is -0.382 e. The zero-order chi connectivity index (χ0) is 28.6. The number of nitrogens with two attached hydrogens (primary N) is 1. The van der Waals surface area contributed by atoms with Crippen molar-refractivity contribution in [1.29, 1.82) is 0 Å². The largest absolute Gasteiger partial charge is 0.382 e. The number of alkyl halides is 1. The van der Waals surface area contributed by atoms with Gasteiger partial charge in [-0.25, -0.2) is 18.7 Å². The number of halogens is 2. The van der Waals surface area contributed by atoms with E-state index in [2.05, 4.69) is 15.3 Å². The van der Waals surface area contributed by atoms with Gasteiger partial charge in [-0.1, -0.05) is 43.5 Å². The van der Waals surface area contributed by atoms with Crippen LogP contribution in [0.2, 0.25) is 0 Å². The van der Waals surface area contributed by atoms with Gasteiger partial charge in [0.15, 0.2) is 11.5 Å². The lowest BCUT2D eigenvalue weighted by molar-refractivity contribution is -0.137. The highest BCUT2D eigenvalue weighted by molar-refractivity contribution is 5.86. The molecule has 2 heterocycles. The van der Waals surface area contributed by atoms with Crippen LogP contribution in [0.1, 0.15) is 63.9 Å². The van der Waals surface area contributed by atoms with Crippen molar-refractivity contribution in [2.24, 2.45) is 11.7 Å². The van der Waals surface area contributed by atoms with E-state index >= 15 is 4.39 Å². The molecular weight excluding hydrogens is 516 g/mol. The fourth-order valence-electron chi connectivity index (χ4n) is 5.87. The molecule has 0 spiro atoms. The standard InChI is InChI=1S/C30H43F2N5O3/c1-29(12-15-33,24-6-4-3-5-7-24)36-27(38)30(32)13-16-37(17-14-30)28-34-20-25(31)26(35-28)23-10-8-22(9-11-23)21-40-19-18-39-2/h8-11,20,24H,3-7,12-19,21,33H2,1-2H3,(H,36,38). The Hall–Kier alpha value is -2.69. The first kappa shape index (κ1) is 30.3. The summed E-state index contributed by atoms with van der Waals surface area (Å²) in [6.07, 6.45) is 7.30. The summed E-state index contributed by atoms with van der Waals surface area (Å²) in [6, 6.07) is 7.32. The van der Waals surface area contributed by atoms with Crippen LogP contribution in [0.4, 0.5) is 14.7 Å². The maximum absolute atomic E-state index is 16.0. The third-order valence-corrected chi connectivity index (χ3v) is 8.47. The molecule has 0 radical (unpaired) electrons. The number of carbonyl (C=O) groups excluding carboxylic acids is 1. The Kier molecular flexibility index (Phi) is 10.4. The summed E-state index contributed by atoms with van der Waals surface area (Å²) >= 11 is 0. The van der Waals surface area contributed by atoms with Gasteiger partial charge in [-0.05, 0) is 44.2 Å². The Morgan fingerprint density at radius 2 is 1.88 bits per heavy atom. The van der Waals surface area contributed by atoms with Crippen LogP contribution >= 0.6 is 0 Å². The number of ether oxygens (including phenoxy) is 2. The van der Waals surface area contributed by atoms with E-state index in [1.807, 2.05) is 24.0 Å². The van der Waals surface area contributed by atoms with Gasteiger partial charge in [-0.3, -0.25) is 4.79 Å². The Morgan fingerprint density at radius 1 is 1.18 bits per heavy atom. The lowest BCUT2D eigenvalue weighted by Crippen LogP contribution is -2.60. The van der Waals surface area contributed by atoms with Crippen molar-refractivity contribution in [2.45, 2.75) is 76.1 Å². The number of amides is 1. The summed E-state index contributed by atoms with van der Waals surface area (Å²) < 4.78 is 41.2. The average Bonchev–Trinajstić information content (AvgIpc) is 2.97. The quantitative estimate of drug-likeness (QED) is 0.368. The SMILES string of the molecule is COCCOCc1ccc(-c2nc(N3CCC(F)(C(=O)NC(C)(CCN)C4CCCCC4)CC3)ncc2F)cc1. The molecule has 2 aliphatic rings. The first-order valence-electron chi connectivity index (χ1n) is 14.4. The molecule has 1 unspecified atom stereocenters. The van der Waals surface area contributed by atoms with Crippen LogP contribution in [-0.2, 0) is 20.9 Å². The van der Waals surface area contributed by atoms with E-state index in [1.165, 1.54) is 6.42 Å². The molecule has 40 heavy (non-hydrogen) atoms. The second kappa shape index (κ2) is 13.8. The fraction of sp³-hybridized carbons (Fsp3) is 0.633. The summed E-state index contributed by atoms with van der Waals surface area (Å²) in [5.41, 5.74) is 5.14. The lowest BCUT2D eigenvalue weighted by atomic mass is 9.73. The van der Waals surface area contributed by atoms with Crippen molar-refractivity contribution < 1.29 is 23.0 Å². The molecule has 0 bridgehead atoms. The fourth-order valence-corrected chi connectivity index (χ4v) is 5.87. The van der Waals surface area contributed by atoms with Crippen molar-refractivity contribution in [1.82, 2.24) is 15.3 Å². The van der Waals surface area contributed by atoms with Gasteiger partial charge in [0, 0.05) is 44.1 Å². The van der Waals surface area contributed by atoms with Crippen molar-refractivity contribution >= 4 is 11.9 Å². The van der Waals surface area contributed by atoms with E-state index in [0.717, 1.165) is 37.4 Å². The highest BCUT2D eigenvalue weighted by atomic mass is 19.1. The van der Waals surface area contributed by atoms with E-state index in [1.54, 1.807) is 19.2 Å². The predicted octanol–water partition coefficient (Wildman–Crippen LogP) is 4.56. The van der Waals surface area contributed by atoms with Gasteiger partial charge in [0.05, 0.1) is 26.0 Å². The van der Waals surface area contributed by atoms with Crippen LogP contribution in [-0.4, -0.2) is 67.0 Å². The molecule has 1 aromatic carbocycles. The Morgan fingerprint density at radius 3 is 2.52 bits per heavy atom. The molecule has 1 amide bonds. The molecule has 2 aromatic rings. The number of hydrogen-bond acceptors (Lipinski definition) is 7. The number of nitrogens with one attached hydrogen (secondary N) is 1. The van der Waals surface area contributed by atoms with Crippen molar-refractivity contribution in [3.8, 4) is 11.3 Å². The molecule has 1 saturated carbocycles.